The van der Waals surface area contributed by atoms with E-state index in [0.717, 1.165) is 11.6 Å². The van der Waals surface area contributed by atoms with Crippen LogP contribution >= 0.6 is 0 Å². The third kappa shape index (κ3) is 5.99. The summed E-state index contributed by atoms with van der Waals surface area (Å²) in [5.41, 5.74) is 1.86. The van der Waals surface area contributed by atoms with Gasteiger partial charge in [-0.05, 0) is 44.8 Å². The van der Waals surface area contributed by atoms with E-state index in [1.54, 1.807) is 26.1 Å². The molecular formula is C20H25F3N4. The number of benzene rings is 2. The molecule has 2 N–H and O–H groups in total. The van der Waals surface area contributed by atoms with Crippen molar-refractivity contribution < 1.29 is 13.2 Å². The molecule has 0 aromatic heterocycles. The molecule has 2 rings (SSSR count). The van der Waals surface area contributed by atoms with Crippen molar-refractivity contribution in [3.8, 4) is 0 Å². The van der Waals surface area contributed by atoms with Crippen LogP contribution in [0.15, 0.2) is 41.4 Å². The van der Waals surface area contributed by atoms with Gasteiger partial charge in [0.2, 0.25) is 0 Å². The van der Waals surface area contributed by atoms with E-state index in [2.05, 4.69) is 15.6 Å². The van der Waals surface area contributed by atoms with Crippen LogP contribution in [-0.2, 0) is 13.1 Å². The van der Waals surface area contributed by atoms with Gasteiger partial charge in [-0.15, -0.1) is 0 Å². The minimum absolute atomic E-state index is 0.240. The number of hydrogen-bond acceptors (Lipinski definition) is 2. The van der Waals surface area contributed by atoms with E-state index < -0.39 is 17.7 Å². The van der Waals surface area contributed by atoms with Crippen molar-refractivity contribution in [2.24, 2.45) is 4.99 Å². The minimum Gasteiger partial charge on any atom is -0.352 e. The van der Waals surface area contributed by atoms with E-state index in [9.17, 15) is 13.2 Å². The molecule has 27 heavy (non-hydrogen) atoms. The van der Waals surface area contributed by atoms with Crippen molar-refractivity contribution in [3.63, 3.8) is 0 Å². The van der Waals surface area contributed by atoms with Gasteiger partial charge in [-0.3, -0.25) is 4.99 Å². The zero-order valence-corrected chi connectivity index (χ0v) is 16.0. The Morgan fingerprint density at radius 3 is 2.44 bits per heavy atom. The first-order valence-electron chi connectivity index (χ1n) is 8.64. The summed E-state index contributed by atoms with van der Waals surface area (Å²) in [6, 6.07) is 8.03. The average Bonchev–Trinajstić information content (AvgIpc) is 2.60. The molecule has 2 aromatic rings. The molecule has 2 aromatic carbocycles. The summed E-state index contributed by atoms with van der Waals surface area (Å²) in [4.78, 5) is 6.02. The summed E-state index contributed by atoms with van der Waals surface area (Å²) in [6.07, 6.45) is 0. The van der Waals surface area contributed by atoms with Gasteiger partial charge in [0.25, 0.3) is 0 Å². The van der Waals surface area contributed by atoms with Gasteiger partial charge in [-0.25, -0.2) is 13.2 Å². The van der Waals surface area contributed by atoms with Crippen LogP contribution in [0.25, 0.3) is 0 Å². The van der Waals surface area contributed by atoms with Crippen molar-refractivity contribution in [2.75, 3.05) is 21.1 Å². The van der Waals surface area contributed by atoms with Gasteiger partial charge in [0.1, 0.15) is 17.5 Å². The van der Waals surface area contributed by atoms with Crippen molar-refractivity contribution in [1.82, 2.24) is 15.5 Å². The number of rotatable bonds is 6. The summed E-state index contributed by atoms with van der Waals surface area (Å²) in [5, 5.41) is 6.19. The van der Waals surface area contributed by atoms with Crippen molar-refractivity contribution in [2.45, 2.75) is 26.1 Å². The highest BCUT2D eigenvalue weighted by Gasteiger charge is 2.13. The first kappa shape index (κ1) is 20.8. The van der Waals surface area contributed by atoms with Crippen LogP contribution in [0.1, 0.15) is 29.7 Å². The summed E-state index contributed by atoms with van der Waals surface area (Å²) in [6.45, 7) is 2.70. The molecule has 0 spiro atoms. The second-order valence-corrected chi connectivity index (χ2v) is 6.62. The molecule has 0 bridgehead atoms. The summed E-state index contributed by atoms with van der Waals surface area (Å²) >= 11 is 0. The summed E-state index contributed by atoms with van der Waals surface area (Å²) < 4.78 is 40.9. The Morgan fingerprint density at radius 2 is 1.81 bits per heavy atom. The molecule has 0 heterocycles. The highest BCUT2D eigenvalue weighted by molar-refractivity contribution is 5.80. The van der Waals surface area contributed by atoms with Gasteiger partial charge in [0.05, 0.1) is 6.04 Å². The van der Waals surface area contributed by atoms with Crippen LogP contribution in [0, 0.1) is 17.5 Å². The highest BCUT2D eigenvalue weighted by atomic mass is 19.1. The number of aliphatic imine (C=N–C) groups is 1. The van der Waals surface area contributed by atoms with E-state index in [1.807, 2.05) is 19.0 Å². The molecular weight excluding hydrogens is 353 g/mol. The largest absolute Gasteiger partial charge is 0.352 e. The molecule has 0 radical (unpaired) electrons. The van der Waals surface area contributed by atoms with Crippen molar-refractivity contribution in [3.05, 3.63) is 70.5 Å². The Hall–Kier alpha value is -2.54. The van der Waals surface area contributed by atoms with Crippen LogP contribution in [0.3, 0.4) is 0 Å². The molecule has 0 amide bonds. The maximum atomic E-state index is 13.9. The maximum Gasteiger partial charge on any atom is 0.191 e. The lowest BCUT2D eigenvalue weighted by Gasteiger charge is -2.19. The van der Waals surface area contributed by atoms with E-state index >= 15 is 0 Å². The Kier molecular flexibility index (Phi) is 7.24. The number of halogens is 3. The standard InChI is InChI=1S/C20H25F3N4/c1-13(17-7-6-16(21)10-19(17)23)26-20(24-2)25-11-14-5-8-18(22)15(9-14)12-27(3)4/h5-10,13H,11-12H2,1-4H3,(H2,24,25,26). The predicted octanol–water partition coefficient (Wildman–Crippen LogP) is 3.59. The van der Waals surface area contributed by atoms with Crippen molar-refractivity contribution in [1.29, 1.82) is 0 Å². The number of nitrogens with one attached hydrogen (secondary N) is 2. The molecule has 4 nitrogen and oxygen atoms in total. The molecule has 7 heteroatoms. The molecule has 0 saturated heterocycles. The van der Waals surface area contributed by atoms with Gasteiger partial charge >= 0.3 is 0 Å². The number of guanidine groups is 1. The zero-order chi connectivity index (χ0) is 20.0. The Balaban J connectivity index is 2.01. The Labute approximate surface area is 158 Å². The van der Waals surface area contributed by atoms with Crippen LogP contribution in [-0.4, -0.2) is 32.0 Å². The summed E-state index contributed by atoms with van der Waals surface area (Å²) in [5.74, 6) is -1.01. The normalized spacial score (nSPS) is 13.0. The molecule has 0 fully saturated rings. The topological polar surface area (TPSA) is 39.7 Å². The molecule has 0 saturated carbocycles. The lowest BCUT2D eigenvalue weighted by Crippen LogP contribution is -2.38. The highest BCUT2D eigenvalue weighted by Crippen LogP contribution is 2.17. The third-order valence-corrected chi connectivity index (χ3v) is 4.06. The van der Waals surface area contributed by atoms with E-state index in [4.69, 9.17) is 0 Å². The second-order valence-electron chi connectivity index (χ2n) is 6.62. The lowest BCUT2D eigenvalue weighted by molar-refractivity contribution is 0.392. The maximum absolute atomic E-state index is 13.9. The van der Waals surface area contributed by atoms with E-state index in [0.29, 0.717) is 30.2 Å². The van der Waals surface area contributed by atoms with E-state index in [-0.39, 0.29) is 5.82 Å². The number of hydrogen-bond donors (Lipinski definition) is 2. The molecule has 0 aliphatic carbocycles. The van der Waals surface area contributed by atoms with Crippen molar-refractivity contribution >= 4 is 5.96 Å². The van der Waals surface area contributed by atoms with Crippen LogP contribution in [0.5, 0.6) is 0 Å². The minimum atomic E-state index is -0.615. The average molecular weight is 378 g/mol. The Morgan fingerprint density at radius 1 is 1.07 bits per heavy atom. The molecule has 1 atom stereocenters. The SMILES string of the molecule is CN=C(NCc1ccc(F)c(CN(C)C)c1)NC(C)c1ccc(F)cc1F. The molecule has 146 valence electrons. The van der Waals surface area contributed by atoms with Gasteiger partial charge in [0, 0.05) is 37.3 Å². The lowest BCUT2D eigenvalue weighted by atomic mass is 10.1. The predicted molar refractivity (Wildman–Crippen MR) is 102 cm³/mol. The summed E-state index contributed by atoms with van der Waals surface area (Å²) in [7, 11) is 5.36. The fourth-order valence-corrected chi connectivity index (χ4v) is 2.72. The Bertz CT molecular complexity index is 806. The first-order chi connectivity index (χ1) is 12.8. The smallest absolute Gasteiger partial charge is 0.191 e. The van der Waals surface area contributed by atoms with Gasteiger partial charge in [-0.2, -0.15) is 0 Å². The van der Waals surface area contributed by atoms with Crippen LogP contribution in [0.2, 0.25) is 0 Å². The fraction of sp³-hybridized carbons (Fsp3) is 0.350. The van der Waals surface area contributed by atoms with Crippen LogP contribution in [0.4, 0.5) is 13.2 Å². The second kappa shape index (κ2) is 9.41. The van der Waals surface area contributed by atoms with Gasteiger partial charge in [0.15, 0.2) is 5.96 Å². The molecule has 0 aliphatic rings. The third-order valence-electron chi connectivity index (χ3n) is 4.06. The molecule has 0 aliphatic heterocycles. The van der Waals surface area contributed by atoms with Gasteiger partial charge in [-0.1, -0.05) is 12.1 Å². The number of nitrogens with zero attached hydrogens (tertiary/aromatic N) is 2. The zero-order valence-electron chi connectivity index (χ0n) is 16.0. The van der Waals surface area contributed by atoms with Crippen LogP contribution < -0.4 is 10.6 Å². The van der Waals surface area contributed by atoms with E-state index in [1.165, 1.54) is 18.2 Å². The monoisotopic (exact) mass is 378 g/mol. The first-order valence-corrected chi connectivity index (χ1v) is 8.64. The quantitative estimate of drug-likeness (QED) is 0.596. The fourth-order valence-electron chi connectivity index (χ4n) is 2.72. The van der Waals surface area contributed by atoms with Gasteiger partial charge < -0.3 is 15.5 Å². The molecule has 1 unspecified atom stereocenters.